The highest BCUT2D eigenvalue weighted by Gasteiger charge is 1.91. The van der Waals surface area contributed by atoms with Crippen LogP contribution < -0.4 is 0 Å². The molecule has 0 amide bonds. The summed E-state index contributed by atoms with van der Waals surface area (Å²) in [5.41, 5.74) is 4.12. The van der Waals surface area contributed by atoms with Gasteiger partial charge in [-0.2, -0.15) is 0 Å². The topological polar surface area (TPSA) is 20.2 Å². The van der Waals surface area contributed by atoms with Crippen molar-refractivity contribution in [2.45, 2.75) is 0 Å². The van der Waals surface area contributed by atoms with E-state index in [1.165, 1.54) is 11.1 Å². The molecular formula is C14H16OSi. The van der Waals surface area contributed by atoms with E-state index in [4.69, 9.17) is 4.80 Å². The standard InChI is InChI=1S/C12H10.C2H6OSi/c1-3-7-11(8-4-1)12-9-5-2-6-10-12;1-2-4-3/h1-10H;2-3H,1,4H2. The smallest absolute Gasteiger partial charge is 0.180 e. The van der Waals surface area contributed by atoms with Gasteiger partial charge in [0, 0.05) is 0 Å². The van der Waals surface area contributed by atoms with Crippen molar-refractivity contribution in [3.8, 4) is 11.1 Å². The Kier molecular flexibility index (Phi) is 5.92. The summed E-state index contributed by atoms with van der Waals surface area (Å²) in [4.78, 5) is 7.90. The Bertz CT molecular complexity index is 360. The van der Waals surface area contributed by atoms with Crippen LogP contribution in [0, 0.1) is 0 Å². The monoisotopic (exact) mass is 228 g/mol. The van der Waals surface area contributed by atoms with Gasteiger partial charge < -0.3 is 4.80 Å². The van der Waals surface area contributed by atoms with Crippen molar-refractivity contribution in [3.63, 3.8) is 0 Å². The molecule has 0 atom stereocenters. The molecule has 2 aromatic rings. The fraction of sp³-hybridized carbons (Fsp3) is 0. The van der Waals surface area contributed by atoms with Gasteiger partial charge in [-0.1, -0.05) is 66.4 Å². The molecule has 2 heteroatoms. The van der Waals surface area contributed by atoms with E-state index in [9.17, 15) is 0 Å². The SMILES string of the molecule is C=C[SiH2]O.c1ccc(-c2ccccc2)cc1. The Morgan fingerprint density at radius 2 is 1.12 bits per heavy atom. The average Bonchev–Trinajstić information content (AvgIpc) is 2.41. The van der Waals surface area contributed by atoms with Gasteiger partial charge in [-0.05, 0) is 11.1 Å². The van der Waals surface area contributed by atoms with E-state index >= 15 is 0 Å². The number of rotatable bonds is 2. The summed E-state index contributed by atoms with van der Waals surface area (Å²) in [5.74, 6) is 0. The van der Waals surface area contributed by atoms with Crippen molar-refractivity contribution in [2.75, 3.05) is 0 Å². The van der Waals surface area contributed by atoms with Gasteiger partial charge in [0.2, 0.25) is 0 Å². The van der Waals surface area contributed by atoms with Crippen LogP contribution in [-0.2, 0) is 0 Å². The van der Waals surface area contributed by atoms with Crippen LogP contribution in [0.2, 0.25) is 0 Å². The maximum Gasteiger partial charge on any atom is 0.180 e. The number of hydrogen-bond acceptors (Lipinski definition) is 1. The molecule has 0 heterocycles. The Balaban J connectivity index is 0.000000280. The van der Waals surface area contributed by atoms with Crippen molar-refractivity contribution < 1.29 is 4.80 Å². The van der Waals surface area contributed by atoms with Crippen LogP contribution >= 0.6 is 0 Å². The van der Waals surface area contributed by atoms with Crippen molar-refractivity contribution >= 4 is 9.76 Å². The predicted molar refractivity (Wildman–Crippen MR) is 72.8 cm³/mol. The second-order valence-corrected chi connectivity index (χ2v) is 4.15. The molecule has 2 aromatic carbocycles. The molecule has 0 saturated heterocycles. The van der Waals surface area contributed by atoms with Crippen molar-refractivity contribution in [1.82, 2.24) is 0 Å². The lowest BCUT2D eigenvalue weighted by Gasteiger charge is -1.98. The van der Waals surface area contributed by atoms with Crippen molar-refractivity contribution in [1.29, 1.82) is 0 Å². The Morgan fingerprint density at radius 1 is 0.812 bits per heavy atom. The van der Waals surface area contributed by atoms with Crippen LogP contribution in [0.5, 0.6) is 0 Å². The quantitative estimate of drug-likeness (QED) is 0.783. The molecule has 0 unspecified atom stereocenters. The normalized spacial score (nSPS) is 9.56. The highest BCUT2D eigenvalue weighted by Crippen LogP contribution is 2.17. The maximum absolute atomic E-state index is 7.90. The lowest BCUT2D eigenvalue weighted by atomic mass is 10.1. The summed E-state index contributed by atoms with van der Waals surface area (Å²) in [6, 6.07) is 20.8. The molecule has 16 heavy (non-hydrogen) atoms. The predicted octanol–water partition coefficient (Wildman–Crippen LogP) is 2.56. The molecule has 0 spiro atoms. The summed E-state index contributed by atoms with van der Waals surface area (Å²) >= 11 is 0. The lowest BCUT2D eigenvalue weighted by Crippen LogP contribution is -1.73. The van der Waals surface area contributed by atoms with E-state index in [0.29, 0.717) is 0 Å². The minimum atomic E-state index is -0.812. The van der Waals surface area contributed by atoms with Crippen LogP contribution in [-0.4, -0.2) is 14.6 Å². The summed E-state index contributed by atoms with van der Waals surface area (Å²) in [6.07, 6.45) is 0. The van der Waals surface area contributed by atoms with Crippen LogP contribution in [0.25, 0.3) is 11.1 Å². The zero-order valence-electron chi connectivity index (χ0n) is 9.21. The molecule has 0 radical (unpaired) electrons. The van der Waals surface area contributed by atoms with Crippen molar-refractivity contribution in [2.24, 2.45) is 0 Å². The molecular weight excluding hydrogens is 212 g/mol. The molecule has 1 N–H and O–H groups in total. The third-order valence-corrected chi connectivity index (χ3v) is 2.27. The largest absolute Gasteiger partial charge is 0.434 e. The third-order valence-electron chi connectivity index (χ3n) is 2.01. The molecule has 0 fully saturated rings. The lowest BCUT2D eigenvalue weighted by molar-refractivity contribution is 0.614. The van der Waals surface area contributed by atoms with E-state index in [1.807, 2.05) is 12.1 Å². The maximum atomic E-state index is 7.90. The Labute approximate surface area is 99.0 Å². The first-order chi connectivity index (χ1) is 7.88. The first-order valence-electron chi connectivity index (χ1n) is 5.20. The highest BCUT2D eigenvalue weighted by atomic mass is 28.2. The molecule has 0 saturated carbocycles. The summed E-state index contributed by atoms with van der Waals surface area (Å²) in [7, 11) is -0.812. The van der Waals surface area contributed by atoms with Gasteiger partial charge in [0.15, 0.2) is 9.76 Å². The molecule has 0 aliphatic rings. The number of hydrogen-bond donors (Lipinski definition) is 1. The van der Waals surface area contributed by atoms with E-state index in [1.54, 1.807) is 5.70 Å². The van der Waals surface area contributed by atoms with Crippen LogP contribution in [0.3, 0.4) is 0 Å². The molecule has 0 aromatic heterocycles. The van der Waals surface area contributed by atoms with Crippen molar-refractivity contribution in [3.05, 3.63) is 72.9 Å². The van der Waals surface area contributed by atoms with Gasteiger partial charge in [0.25, 0.3) is 0 Å². The Morgan fingerprint density at radius 3 is 1.38 bits per heavy atom. The van der Waals surface area contributed by atoms with E-state index in [2.05, 4.69) is 55.1 Å². The second-order valence-electron chi connectivity index (χ2n) is 3.20. The summed E-state index contributed by atoms with van der Waals surface area (Å²) < 4.78 is 0. The van der Waals surface area contributed by atoms with Crippen LogP contribution in [0.1, 0.15) is 0 Å². The van der Waals surface area contributed by atoms with E-state index in [-0.39, 0.29) is 0 Å². The first kappa shape index (κ1) is 12.4. The molecule has 1 nitrogen and oxygen atoms in total. The van der Waals surface area contributed by atoms with Gasteiger partial charge in [0.1, 0.15) is 0 Å². The first-order valence-corrected chi connectivity index (χ1v) is 6.65. The summed E-state index contributed by atoms with van der Waals surface area (Å²) in [5, 5.41) is 0. The minimum absolute atomic E-state index is 0.812. The van der Waals surface area contributed by atoms with Crippen LogP contribution in [0.4, 0.5) is 0 Å². The fourth-order valence-corrected chi connectivity index (χ4v) is 1.26. The zero-order valence-corrected chi connectivity index (χ0v) is 10.6. The minimum Gasteiger partial charge on any atom is -0.434 e. The van der Waals surface area contributed by atoms with E-state index < -0.39 is 9.76 Å². The average molecular weight is 228 g/mol. The fourth-order valence-electron chi connectivity index (χ4n) is 1.26. The second kappa shape index (κ2) is 7.62. The molecule has 0 aliphatic heterocycles. The highest BCUT2D eigenvalue weighted by molar-refractivity contribution is 6.32. The molecule has 82 valence electrons. The number of benzene rings is 2. The van der Waals surface area contributed by atoms with Gasteiger partial charge >= 0.3 is 0 Å². The van der Waals surface area contributed by atoms with Gasteiger partial charge in [-0.3, -0.25) is 0 Å². The molecule has 0 aliphatic carbocycles. The van der Waals surface area contributed by atoms with Crippen LogP contribution in [0.15, 0.2) is 72.9 Å². The van der Waals surface area contributed by atoms with Gasteiger partial charge in [-0.15, -0.1) is 6.58 Å². The molecule has 2 rings (SSSR count). The van der Waals surface area contributed by atoms with Gasteiger partial charge in [0.05, 0.1) is 0 Å². The van der Waals surface area contributed by atoms with E-state index in [0.717, 1.165) is 0 Å². The van der Waals surface area contributed by atoms with Gasteiger partial charge in [-0.25, -0.2) is 0 Å². The Hall–Kier alpha value is -1.64. The summed E-state index contributed by atoms with van der Waals surface area (Å²) in [6.45, 7) is 3.29. The third kappa shape index (κ3) is 4.25. The molecule has 0 bridgehead atoms. The zero-order chi connectivity index (χ0) is 11.6.